The Labute approximate surface area is 169 Å². The predicted molar refractivity (Wildman–Crippen MR) is 108 cm³/mol. The number of aliphatic hydroxyl groups excluding tert-OH is 1. The Hall–Kier alpha value is -2.78. The maximum Gasteiger partial charge on any atom is 0.262 e. The van der Waals surface area contributed by atoms with Gasteiger partial charge in [-0.2, -0.15) is 0 Å². The maximum atomic E-state index is 13.8. The largest absolute Gasteiger partial charge is 0.396 e. The number of halogens is 2. The zero-order valence-electron chi connectivity index (χ0n) is 15.6. The van der Waals surface area contributed by atoms with Crippen LogP contribution in [0.4, 0.5) is 14.5 Å². The summed E-state index contributed by atoms with van der Waals surface area (Å²) < 4.78 is 28.5. The van der Waals surface area contributed by atoms with Gasteiger partial charge in [-0.25, -0.2) is 13.8 Å². The first-order valence-electron chi connectivity index (χ1n) is 8.93. The van der Waals surface area contributed by atoms with Crippen molar-refractivity contribution >= 4 is 34.3 Å². The molecule has 0 aliphatic heterocycles. The summed E-state index contributed by atoms with van der Waals surface area (Å²) in [4.78, 5) is 29.8. The van der Waals surface area contributed by atoms with E-state index in [2.05, 4.69) is 10.3 Å². The van der Waals surface area contributed by atoms with Gasteiger partial charge in [-0.05, 0) is 37.6 Å². The number of carbonyl (C=O) groups is 1. The van der Waals surface area contributed by atoms with Gasteiger partial charge in [0.05, 0.1) is 21.8 Å². The summed E-state index contributed by atoms with van der Waals surface area (Å²) >= 11 is 1.03. The molecule has 3 aromatic rings. The van der Waals surface area contributed by atoms with Gasteiger partial charge in [-0.1, -0.05) is 23.9 Å². The average molecular weight is 419 g/mol. The summed E-state index contributed by atoms with van der Waals surface area (Å²) in [7, 11) is 0. The van der Waals surface area contributed by atoms with Crippen molar-refractivity contribution in [3.63, 3.8) is 0 Å². The van der Waals surface area contributed by atoms with Crippen molar-refractivity contribution in [1.29, 1.82) is 0 Å². The molecule has 1 atom stereocenters. The minimum Gasteiger partial charge on any atom is -0.396 e. The number of benzene rings is 2. The Bertz CT molecular complexity index is 1100. The maximum absolute atomic E-state index is 13.8. The normalized spacial score (nSPS) is 12.1. The zero-order chi connectivity index (χ0) is 21.0. The highest BCUT2D eigenvalue weighted by molar-refractivity contribution is 8.00. The molecule has 2 N–H and O–H groups in total. The van der Waals surface area contributed by atoms with Crippen LogP contribution in [-0.4, -0.2) is 32.4 Å². The lowest BCUT2D eigenvalue weighted by atomic mass is 10.2. The number of carbonyl (C=O) groups excluding carboxylic acids is 1. The quantitative estimate of drug-likeness (QED) is 0.454. The number of nitrogens with zero attached hydrogens (tertiary/aromatic N) is 2. The van der Waals surface area contributed by atoms with Gasteiger partial charge in [-0.3, -0.25) is 14.2 Å². The Morgan fingerprint density at radius 3 is 2.79 bits per heavy atom. The number of thioether (sulfide) groups is 1. The minimum atomic E-state index is -0.749. The molecule has 0 aliphatic rings. The molecule has 9 heteroatoms. The van der Waals surface area contributed by atoms with E-state index in [1.165, 1.54) is 4.57 Å². The summed E-state index contributed by atoms with van der Waals surface area (Å²) in [6.45, 7) is 1.72. The topological polar surface area (TPSA) is 84.2 Å². The molecule has 152 valence electrons. The zero-order valence-corrected chi connectivity index (χ0v) is 16.4. The van der Waals surface area contributed by atoms with Gasteiger partial charge in [0.25, 0.3) is 5.56 Å². The molecular weight excluding hydrogens is 400 g/mol. The second kappa shape index (κ2) is 9.15. The van der Waals surface area contributed by atoms with Gasteiger partial charge in [0, 0.05) is 19.2 Å². The van der Waals surface area contributed by atoms with E-state index in [-0.39, 0.29) is 24.4 Å². The molecule has 0 saturated heterocycles. The second-order valence-corrected chi connectivity index (χ2v) is 7.63. The van der Waals surface area contributed by atoms with E-state index < -0.39 is 22.8 Å². The van der Waals surface area contributed by atoms with Crippen LogP contribution in [0.25, 0.3) is 10.9 Å². The van der Waals surface area contributed by atoms with Crippen LogP contribution in [0.5, 0.6) is 0 Å². The number of aliphatic hydroxyl groups is 1. The molecular formula is C20H19F2N3O3S. The number of para-hydroxylation sites is 1. The smallest absolute Gasteiger partial charge is 0.262 e. The molecule has 29 heavy (non-hydrogen) atoms. The average Bonchev–Trinajstić information content (AvgIpc) is 2.70. The summed E-state index contributed by atoms with van der Waals surface area (Å²) in [6.07, 6.45) is 0.350. The molecule has 0 radical (unpaired) electrons. The molecule has 3 rings (SSSR count). The minimum absolute atomic E-state index is 0.0989. The summed E-state index contributed by atoms with van der Waals surface area (Å²) in [6, 6.07) is 9.64. The Morgan fingerprint density at radius 2 is 2.03 bits per heavy atom. The molecule has 2 aromatic carbocycles. The number of hydrogen-bond acceptors (Lipinski definition) is 5. The van der Waals surface area contributed by atoms with Gasteiger partial charge in [0.15, 0.2) is 5.16 Å². The van der Waals surface area contributed by atoms with Gasteiger partial charge in [0.1, 0.15) is 11.6 Å². The highest BCUT2D eigenvalue weighted by Crippen LogP contribution is 2.24. The first-order chi connectivity index (χ1) is 13.9. The van der Waals surface area contributed by atoms with Crippen LogP contribution in [0, 0.1) is 11.6 Å². The van der Waals surface area contributed by atoms with Gasteiger partial charge < -0.3 is 10.4 Å². The Balaban J connectivity index is 1.88. The first kappa shape index (κ1) is 20.9. The fourth-order valence-electron chi connectivity index (χ4n) is 2.70. The molecule has 0 aliphatic carbocycles. The van der Waals surface area contributed by atoms with E-state index >= 15 is 0 Å². The predicted octanol–water partition coefficient (Wildman–Crippen LogP) is 3.18. The lowest BCUT2D eigenvalue weighted by molar-refractivity contribution is -0.115. The van der Waals surface area contributed by atoms with E-state index in [9.17, 15) is 18.4 Å². The molecule has 0 bridgehead atoms. The molecule has 1 heterocycles. The van der Waals surface area contributed by atoms with Crippen LogP contribution in [0.2, 0.25) is 0 Å². The van der Waals surface area contributed by atoms with Crippen molar-refractivity contribution in [2.75, 3.05) is 11.9 Å². The summed E-state index contributed by atoms with van der Waals surface area (Å²) in [5.41, 5.74) is -0.0362. The van der Waals surface area contributed by atoms with Crippen LogP contribution in [-0.2, 0) is 11.3 Å². The highest BCUT2D eigenvalue weighted by Gasteiger charge is 2.20. The summed E-state index contributed by atoms with van der Waals surface area (Å²) in [5, 5.41) is 11.5. The Kier molecular flexibility index (Phi) is 6.60. The second-order valence-electron chi connectivity index (χ2n) is 6.32. The Morgan fingerprint density at radius 1 is 1.28 bits per heavy atom. The van der Waals surface area contributed by atoms with Crippen molar-refractivity contribution < 1.29 is 18.7 Å². The number of anilines is 1. The van der Waals surface area contributed by atoms with Crippen LogP contribution >= 0.6 is 11.8 Å². The highest BCUT2D eigenvalue weighted by atomic mass is 32.2. The molecule has 1 amide bonds. The fourth-order valence-corrected chi connectivity index (χ4v) is 3.64. The van der Waals surface area contributed by atoms with Gasteiger partial charge >= 0.3 is 0 Å². The standard InChI is InChI=1S/C20H19F2N3O3S/c1-12(18(27)23-17-11-13(21)7-8-15(17)22)29-20-24-16-6-3-2-5-14(16)19(28)25(20)9-4-10-26/h2-3,5-8,11-12,26H,4,9-10H2,1H3,(H,23,27). The lowest BCUT2D eigenvalue weighted by Crippen LogP contribution is -2.27. The van der Waals surface area contributed by atoms with Crippen molar-refractivity contribution in [1.82, 2.24) is 9.55 Å². The molecule has 0 saturated carbocycles. The third-order valence-electron chi connectivity index (χ3n) is 4.20. The number of nitrogens with one attached hydrogen (secondary N) is 1. The van der Waals surface area contributed by atoms with Crippen molar-refractivity contribution in [2.45, 2.75) is 30.3 Å². The molecule has 1 unspecified atom stereocenters. The number of hydrogen-bond donors (Lipinski definition) is 2. The monoisotopic (exact) mass is 419 g/mol. The molecule has 1 aromatic heterocycles. The van der Waals surface area contributed by atoms with Crippen LogP contribution < -0.4 is 10.9 Å². The third-order valence-corrected chi connectivity index (χ3v) is 5.29. The lowest BCUT2D eigenvalue weighted by Gasteiger charge is -2.16. The van der Waals surface area contributed by atoms with Crippen LogP contribution in [0.3, 0.4) is 0 Å². The van der Waals surface area contributed by atoms with Crippen LogP contribution in [0.1, 0.15) is 13.3 Å². The van der Waals surface area contributed by atoms with Crippen molar-refractivity contribution in [2.24, 2.45) is 0 Å². The van der Waals surface area contributed by atoms with Crippen molar-refractivity contribution in [3.8, 4) is 0 Å². The number of amides is 1. The van der Waals surface area contributed by atoms with E-state index in [1.54, 1.807) is 31.2 Å². The number of aromatic nitrogens is 2. The van der Waals surface area contributed by atoms with Gasteiger partial charge in [0.2, 0.25) is 5.91 Å². The third kappa shape index (κ3) is 4.80. The van der Waals surface area contributed by atoms with Crippen molar-refractivity contribution in [3.05, 3.63) is 64.5 Å². The first-order valence-corrected chi connectivity index (χ1v) is 9.81. The van der Waals surface area contributed by atoms with Gasteiger partial charge in [-0.15, -0.1) is 0 Å². The number of fused-ring (bicyclic) bond motifs is 1. The summed E-state index contributed by atoms with van der Waals surface area (Å²) in [5.74, 6) is -1.98. The van der Waals surface area contributed by atoms with E-state index in [0.717, 1.165) is 30.0 Å². The SMILES string of the molecule is CC(Sc1nc2ccccc2c(=O)n1CCCO)C(=O)Nc1cc(F)ccc1F. The molecule has 6 nitrogen and oxygen atoms in total. The van der Waals surface area contributed by atoms with E-state index in [4.69, 9.17) is 5.11 Å². The van der Waals surface area contributed by atoms with E-state index in [1.807, 2.05) is 0 Å². The molecule has 0 fully saturated rings. The van der Waals surface area contributed by atoms with E-state index in [0.29, 0.717) is 22.5 Å². The van der Waals surface area contributed by atoms with Crippen LogP contribution in [0.15, 0.2) is 52.4 Å². The molecule has 0 spiro atoms. The number of rotatable bonds is 7. The fraction of sp³-hybridized carbons (Fsp3) is 0.250.